The van der Waals surface area contributed by atoms with Crippen LogP contribution in [0.2, 0.25) is 0 Å². The van der Waals surface area contributed by atoms with Gasteiger partial charge < -0.3 is 14.8 Å². The molecule has 33 heavy (non-hydrogen) atoms. The summed E-state index contributed by atoms with van der Waals surface area (Å²) in [5.41, 5.74) is 3.89. The number of aromatic nitrogens is 5. The lowest BCUT2D eigenvalue weighted by atomic mass is 10.1. The molecule has 6 rings (SSSR count). The van der Waals surface area contributed by atoms with E-state index >= 15 is 0 Å². The first-order valence-electron chi connectivity index (χ1n) is 10.7. The Morgan fingerprint density at radius 2 is 2.09 bits per heavy atom. The Morgan fingerprint density at radius 1 is 1.21 bits per heavy atom. The summed E-state index contributed by atoms with van der Waals surface area (Å²) in [5, 5.41) is 10.4. The van der Waals surface area contributed by atoms with Crippen LogP contribution in [0.1, 0.15) is 45.5 Å². The average molecular weight is 461 g/mol. The summed E-state index contributed by atoms with van der Waals surface area (Å²) in [6.45, 7) is 2.55. The predicted octanol–water partition coefficient (Wildman–Crippen LogP) is 3.63. The normalized spacial score (nSPS) is 14.5. The number of ether oxygens (including phenoxy) is 2. The second kappa shape index (κ2) is 7.96. The Morgan fingerprint density at radius 3 is 2.91 bits per heavy atom. The van der Waals surface area contributed by atoms with Crippen LogP contribution in [-0.2, 0) is 6.54 Å². The number of hydrogen-bond donors (Lipinski definition) is 1. The van der Waals surface area contributed by atoms with Crippen LogP contribution in [0.15, 0.2) is 42.0 Å². The van der Waals surface area contributed by atoms with Crippen molar-refractivity contribution in [3.05, 3.63) is 64.0 Å². The largest absolute Gasteiger partial charge is 0.454 e. The van der Waals surface area contributed by atoms with E-state index in [0.29, 0.717) is 23.8 Å². The van der Waals surface area contributed by atoms with Crippen LogP contribution in [0.4, 0.5) is 0 Å². The molecule has 0 bridgehead atoms. The number of carbonyl (C=O) groups is 1. The number of rotatable bonds is 6. The minimum atomic E-state index is -0.166. The molecule has 0 radical (unpaired) electrons. The number of hydrogen-bond acceptors (Lipinski definition) is 8. The van der Waals surface area contributed by atoms with Crippen molar-refractivity contribution in [2.75, 3.05) is 6.79 Å². The number of benzene rings is 1. The maximum absolute atomic E-state index is 13.0. The molecule has 1 aliphatic heterocycles. The summed E-state index contributed by atoms with van der Waals surface area (Å²) in [6, 6.07) is 7.54. The van der Waals surface area contributed by atoms with E-state index in [9.17, 15) is 4.79 Å². The van der Waals surface area contributed by atoms with Crippen molar-refractivity contribution in [3.8, 4) is 28.7 Å². The third kappa shape index (κ3) is 3.82. The highest BCUT2D eigenvalue weighted by Gasteiger charge is 2.33. The fraction of sp³-hybridized carbons (Fsp3) is 0.261. The first-order chi connectivity index (χ1) is 16.2. The second-order valence-electron chi connectivity index (χ2n) is 7.98. The number of thiazole rings is 1. The van der Waals surface area contributed by atoms with E-state index < -0.39 is 0 Å². The third-order valence-electron chi connectivity index (χ3n) is 5.61. The van der Waals surface area contributed by atoms with Crippen molar-refractivity contribution < 1.29 is 14.3 Å². The lowest BCUT2D eigenvalue weighted by Crippen LogP contribution is -2.24. The van der Waals surface area contributed by atoms with Gasteiger partial charge in [0.2, 0.25) is 6.79 Å². The fourth-order valence-corrected chi connectivity index (χ4v) is 4.48. The van der Waals surface area contributed by atoms with E-state index in [1.807, 2.05) is 36.6 Å². The van der Waals surface area contributed by atoms with E-state index in [-0.39, 0.29) is 18.6 Å². The zero-order valence-electron chi connectivity index (χ0n) is 17.8. The summed E-state index contributed by atoms with van der Waals surface area (Å²) in [5.74, 6) is 1.95. The van der Waals surface area contributed by atoms with E-state index in [1.54, 1.807) is 28.4 Å². The Hall–Kier alpha value is -3.79. The van der Waals surface area contributed by atoms with Crippen LogP contribution in [0.3, 0.4) is 0 Å². The SMILES string of the molecule is Cc1nc(CNC(=O)c2cnn(-c3nccc(-c4ccc5c(c4)OCO5)n3)c2C2CC2)cs1. The Bertz CT molecular complexity index is 1360. The first-order valence-corrected chi connectivity index (χ1v) is 11.5. The summed E-state index contributed by atoms with van der Waals surface area (Å²) >= 11 is 1.57. The smallest absolute Gasteiger partial charge is 0.255 e. The Balaban J connectivity index is 1.30. The molecular formula is C23H20N6O3S. The molecule has 1 aliphatic carbocycles. The van der Waals surface area contributed by atoms with Gasteiger partial charge in [0.25, 0.3) is 11.9 Å². The van der Waals surface area contributed by atoms with Gasteiger partial charge in [-0.1, -0.05) is 0 Å². The van der Waals surface area contributed by atoms with E-state index in [4.69, 9.17) is 14.5 Å². The summed E-state index contributed by atoms with van der Waals surface area (Å²) < 4.78 is 12.6. The van der Waals surface area contributed by atoms with Crippen molar-refractivity contribution >= 4 is 17.2 Å². The molecule has 3 aromatic heterocycles. The van der Waals surface area contributed by atoms with E-state index in [2.05, 4.69) is 20.4 Å². The van der Waals surface area contributed by atoms with Gasteiger partial charge in [-0.2, -0.15) is 5.10 Å². The molecule has 1 aromatic carbocycles. The Labute approximate surface area is 193 Å². The monoisotopic (exact) mass is 460 g/mol. The number of amides is 1. The summed E-state index contributed by atoms with van der Waals surface area (Å²) in [6.07, 6.45) is 5.33. The molecule has 0 unspecified atom stereocenters. The number of carbonyl (C=O) groups excluding carboxylic acids is 1. The number of nitrogens with one attached hydrogen (secondary N) is 1. The van der Waals surface area contributed by atoms with E-state index in [0.717, 1.165) is 46.2 Å². The molecule has 4 heterocycles. The fourth-order valence-electron chi connectivity index (χ4n) is 3.86. The molecule has 1 N–H and O–H groups in total. The van der Waals surface area contributed by atoms with Crippen molar-refractivity contribution in [2.24, 2.45) is 0 Å². The van der Waals surface area contributed by atoms with Gasteiger partial charge in [0.1, 0.15) is 0 Å². The highest BCUT2D eigenvalue weighted by molar-refractivity contribution is 7.09. The first kappa shape index (κ1) is 19.9. The number of fused-ring (bicyclic) bond motifs is 1. The van der Waals surface area contributed by atoms with Gasteiger partial charge >= 0.3 is 0 Å². The molecule has 1 saturated carbocycles. The van der Waals surface area contributed by atoms with Crippen molar-refractivity contribution in [1.29, 1.82) is 0 Å². The van der Waals surface area contributed by atoms with Crippen LogP contribution in [-0.4, -0.2) is 37.4 Å². The highest BCUT2D eigenvalue weighted by Crippen LogP contribution is 2.42. The van der Waals surface area contributed by atoms with Crippen molar-refractivity contribution in [3.63, 3.8) is 0 Å². The van der Waals surface area contributed by atoms with E-state index in [1.165, 1.54) is 0 Å². The van der Waals surface area contributed by atoms with Gasteiger partial charge in [0.05, 0.1) is 40.4 Å². The molecule has 1 amide bonds. The van der Waals surface area contributed by atoms with Gasteiger partial charge in [-0.05, 0) is 44.0 Å². The van der Waals surface area contributed by atoms with Crippen LogP contribution in [0, 0.1) is 6.92 Å². The van der Waals surface area contributed by atoms with Crippen LogP contribution in [0.5, 0.6) is 11.5 Å². The highest BCUT2D eigenvalue weighted by atomic mass is 32.1. The maximum Gasteiger partial charge on any atom is 0.255 e. The molecule has 0 atom stereocenters. The molecule has 1 fully saturated rings. The van der Waals surface area contributed by atoms with Gasteiger partial charge in [0.15, 0.2) is 11.5 Å². The quantitative estimate of drug-likeness (QED) is 0.469. The maximum atomic E-state index is 13.0. The third-order valence-corrected chi connectivity index (χ3v) is 6.43. The standard InChI is InChI=1S/C23H20N6O3S/c1-13-27-16(11-33-13)9-25-22(30)17-10-26-29(21(17)14-2-3-14)23-24-7-6-18(28-23)15-4-5-19-20(8-15)32-12-31-19/h4-8,10-11,14H,2-3,9,12H2,1H3,(H,25,30). The van der Waals surface area contributed by atoms with Crippen molar-refractivity contribution in [2.45, 2.75) is 32.2 Å². The molecular weight excluding hydrogens is 440 g/mol. The number of nitrogens with zero attached hydrogens (tertiary/aromatic N) is 5. The van der Waals surface area contributed by atoms with Gasteiger partial charge in [0, 0.05) is 23.1 Å². The van der Waals surface area contributed by atoms with Crippen LogP contribution in [0.25, 0.3) is 17.2 Å². The second-order valence-corrected chi connectivity index (χ2v) is 9.04. The molecule has 0 spiro atoms. The molecule has 2 aliphatic rings. The zero-order chi connectivity index (χ0) is 22.4. The summed E-state index contributed by atoms with van der Waals surface area (Å²) in [7, 11) is 0. The zero-order valence-corrected chi connectivity index (χ0v) is 18.6. The number of aryl methyl sites for hydroxylation is 1. The molecule has 9 nitrogen and oxygen atoms in total. The lowest BCUT2D eigenvalue weighted by molar-refractivity contribution is 0.0949. The molecule has 10 heteroatoms. The van der Waals surface area contributed by atoms with Gasteiger partial charge in [-0.3, -0.25) is 4.79 Å². The molecule has 4 aromatic rings. The van der Waals surface area contributed by atoms with Crippen LogP contribution < -0.4 is 14.8 Å². The topological polar surface area (TPSA) is 104 Å². The minimum absolute atomic E-state index is 0.166. The summed E-state index contributed by atoms with van der Waals surface area (Å²) in [4.78, 5) is 26.5. The minimum Gasteiger partial charge on any atom is -0.454 e. The Kier molecular flexibility index (Phi) is 4.79. The molecule has 0 saturated heterocycles. The molecule has 166 valence electrons. The van der Waals surface area contributed by atoms with Crippen LogP contribution >= 0.6 is 11.3 Å². The van der Waals surface area contributed by atoms with Gasteiger partial charge in [-0.25, -0.2) is 19.6 Å². The van der Waals surface area contributed by atoms with Crippen molar-refractivity contribution in [1.82, 2.24) is 30.0 Å². The van der Waals surface area contributed by atoms with Gasteiger partial charge in [-0.15, -0.1) is 11.3 Å². The average Bonchev–Trinajstić information content (AvgIpc) is 3.22. The lowest BCUT2D eigenvalue weighted by Gasteiger charge is -2.09. The predicted molar refractivity (Wildman–Crippen MR) is 121 cm³/mol.